The number of ether oxygens (including phenoxy) is 1. The van der Waals surface area contributed by atoms with Crippen LogP contribution in [0.5, 0.6) is 5.75 Å². The number of anilines is 1. The lowest BCUT2D eigenvalue weighted by atomic mass is 10.2. The summed E-state index contributed by atoms with van der Waals surface area (Å²) < 4.78 is 20.9. The predicted octanol–water partition coefficient (Wildman–Crippen LogP) is 4.57. The third-order valence-electron chi connectivity index (χ3n) is 4.11. The molecule has 0 aliphatic rings. The molecule has 27 heavy (non-hydrogen) atoms. The van der Waals surface area contributed by atoms with Gasteiger partial charge in [0.05, 0.1) is 5.69 Å². The molecule has 5 nitrogen and oxygen atoms in total. The predicted molar refractivity (Wildman–Crippen MR) is 106 cm³/mol. The van der Waals surface area contributed by atoms with Crippen molar-refractivity contribution in [1.29, 1.82) is 0 Å². The van der Waals surface area contributed by atoms with Crippen LogP contribution >= 0.6 is 11.3 Å². The van der Waals surface area contributed by atoms with E-state index in [1.807, 2.05) is 25.3 Å². The van der Waals surface area contributed by atoms with E-state index in [-0.39, 0.29) is 12.4 Å². The first-order chi connectivity index (χ1) is 13.0. The van der Waals surface area contributed by atoms with Crippen LogP contribution in [0.4, 0.5) is 9.52 Å². The van der Waals surface area contributed by atoms with Crippen molar-refractivity contribution in [2.24, 2.45) is 0 Å². The Hall–Kier alpha value is -2.93. The summed E-state index contributed by atoms with van der Waals surface area (Å²) in [4.78, 5) is 16.5. The number of nitrogens with one attached hydrogen (secondary N) is 1. The van der Waals surface area contributed by atoms with Crippen LogP contribution in [0.2, 0.25) is 0 Å². The summed E-state index contributed by atoms with van der Waals surface area (Å²) in [6.07, 6.45) is 1.85. The summed E-state index contributed by atoms with van der Waals surface area (Å²) in [6.45, 7) is 8.30. The highest BCUT2D eigenvalue weighted by molar-refractivity contribution is 7.14. The number of nitrogens with zero attached hydrogens (tertiary/aromatic N) is 2. The normalized spacial score (nSPS) is 10.6. The van der Waals surface area contributed by atoms with Crippen LogP contribution in [0.15, 0.2) is 48.4 Å². The number of halogens is 1. The molecule has 0 aliphatic heterocycles. The fourth-order valence-corrected chi connectivity index (χ4v) is 3.51. The fraction of sp³-hybridized carbons (Fsp3) is 0.200. The van der Waals surface area contributed by atoms with E-state index in [0.717, 1.165) is 29.2 Å². The van der Waals surface area contributed by atoms with Gasteiger partial charge in [-0.25, -0.2) is 9.37 Å². The average molecular weight is 385 g/mol. The number of carbonyl (C=O) groups excluding carboxylic acids is 1. The summed E-state index contributed by atoms with van der Waals surface area (Å²) in [6, 6.07) is 8.03. The first kappa shape index (κ1) is 18.8. The van der Waals surface area contributed by atoms with Crippen molar-refractivity contribution in [3.8, 4) is 17.0 Å². The van der Waals surface area contributed by atoms with Crippen molar-refractivity contribution >= 4 is 22.4 Å². The second-order valence-electron chi connectivity index (χ2n) is 5.99. The van der Waals surface area contributed by atoms with E-state index in [1.165, 1.54) is 23.5 Å². The van der Waals surface area contributed by atoms with Gasteiger partial charge in [-0.1, -0.05) is 18.2 Å². The molecule has 0 saturated heterocycles. The topological polar surface area (TPSA) is 56.2 Å². The van der Waals surface area contributed by atoms with Crippen LogP contribution in [0.25, 0.3) is 11.3 Å². The second kappa shape index (κ2) is 8.18. The Kier molecular flexibility index (Phi) is 5.71. The maximum atomic E-state index is 13.5. The van der Waals surface area contributed by atoms with Gasteiger partial charge in [0, 0.05) is 28.9 Å². The van der Waals surface area contributed by atoms with Gasteiger partial charge in [-0.3, -0.25) is 10.1 Å². The van der Waals surface area contributed by atoms with Gasteiger partial charge in [0.2, 0.25) is 0 Å². The van der Waals surface area contributed by atoms with Crippen molar-refractivity contribution < 1.29 is 13.9 Å². The maximum Gasteiger partial charge on any atom is 0.264 e. The molecular formula is C20H20FN3O2S. The standard InChI is InChI=1S/C20H20FN3O2S/c1-4-9-24-13(2)10-15(14(24)3)17-12-27-20(22-17)23-19(25)11-26-18-8-6-5-7-16(18)21/h4-8,10,12H,1,9,11H2,2-3H3,(H,22,23,25). The fourth-order valence-electron chi connectivity index (χ4n) is 2.79. The van der Waals surface area contributed by atoms with Crippen LogP contribution in [0, 0.1) is 19.7 Å². The van der Waals surface area contributed by atoms with Gasteiger partial charge in [-0.2, -0.15) is 0 Å². The van der Waals surface area contributed by atoms with E-state index < -0.39 is 11.7 Å². The van der Waals surface area contributed by atoms with E-state index in [1.54, 1.807) is 12.1 Å². The van der Waals surface area contributed by atoms with Crippen molar-refractivity contribution in [2.75, 3.05) is 11.9 Å². The van der Waals surface area contributed by atoms with E-state index in [4.69, 9.17) is 4.74 Å². The lowest BCUT2D eigenvalue weighted by Crippen LogP contribution is -2.20. The Morgan fingerprint density at radius 2 is 2.19 bits per heavy atom. The molecule has 0 spiro atoms. The molecule has 0 radical (unpaired) electrons. The molecule has 2 aromatic heterocycles. The largest absolute Gasteiger partial charge is 0.481 e. The molecular weight excluding hydrogens is 365 g/mol. The Labute approximate surface area is 161 Å². The smallest absolute Gasteiger partial charge is 0.264 e. The molecule has 1 aromatic carbocycles. The van der Waals surface area contributed by atoms with E-state index in [0.29, 0.717) is 5.13 Å². The number of rotatable bonds is 7. The number of aryl methyl sites for hydroxylation is 1. The lowest BCUT2D eigenvalue weighted by molar-refractivity contribution is -0.118. The minimum absolute atomic E-state index is 0.0436. The molecule has 7 heteroatoms. The average Bonchev–Trinajstić information content (AvgIpc) is 3.21. The van der Waals surface area contributed by atoms with E-state index >= 15 is 0 Å². The van der Waals surface area contributed by atoms with Crippen molar-refractivity contribution in [3.63, 3.8) is 0 Å². The van der Waals surface area contributed by atoms with Gasteiger partial charge in [-0.15, -0.1) is 17.9 Å². The molecule has 0 fully saturated rings. The molecule has 3 rings (SSSR count). The first-order valence-electron chi connectivity index (χ1n) is 8.40. The zero-order chi connectivity index (χ0) is 19.4. The Morgan fingerprint density at radius 1 is 1.41 bits per heavy atom. The zero-order valence-corrected chi connectivity index (χ0v) is 16.0. The van der Waals surface area contributed by atoms with Gasteiger partial charge in [0.1, 0.15) is 0 Å². The maximum absolute atomic E-state index is 13.5. The van der Waals surface area contributed by atoms with Crippen LogP contribution in [0.1, 0.15) is 11.4 Å². The molecule has 0 saturated carbocycles. The Balaban J connectivity index is 1.66. The number of para-hydroxylation sites is 1. The summed E-state index contributed by atoms with van der Waals surface area (Å²) in [5.74, 6) is -0.852. The molecule has 1 amide bonds. The van der Waals surface area contributed by atoms with Gasteiger partial charge < -0.3 is 9.30 Å². The molecule has 3 aromatic rings. The van der Waals surface area contributed by atoms with Crippen LogP contribution < -0.4 is 10.1 Å². The third-order valence-corrected chi connectivity index (χ3v) is 4.86. The van der Waals surface area contributed by atoms with Crippen molar-refractivity contribution in [1.82, 2.24) is 9.55 Å². The molecule has 0 bridgehead atoms. The summed E-state index contributed by atoms with van der Waals surface area (Å²) >= 11 is 1.33. The molecule has 0 aliphatic carbocycles. The number of hydrogen-bond donors (Lipinski definition) is 1. The van der Waals surface area contributed by atoms with Gasteiger partial charge >= 0.3 is 0 Å². The lowest BCUT2D eigenvalue weighted by Gasteiger charge is -2.06. The van der Waals surface area contributed by atoms with Gasteiger partial charge in [0.25, 0.3) is 5.91 Å². The molecule has 140 valence electrons. The number of hydrogen-bond acceptors (Lipinski definition) is 4. The molecule has 2 heterocycles. The summed E-state index contributed by atoms with van der Waals surface area (Å²) in [5.41, 5.74) is 4.04. The van der Waals surface area contributed by atoms with Crippen LogP contribution in [-0.4, -0.2) is 22.1 Å². The Bertz CT molecular complexity index is 978. The minimum atomic E-state index is -0.503. The highest BCUT2D eigenvalue weighted by Gasteiger charge is 2.14. The molecule has 1 N–H and O–H groups in total. The highest BCUT2D eigenvalue weighted by atomic mass is 32.1. The molecule has 0 atom stereocenters. The number of carbonyl (C=O) groups is 1. The van der Waals surface area contributed by atoms with E-state index in [9.17, 15) is 9.18 Å². The van der Waals surface area contributed by atoms with E-state index in [2.05, 4.69) is 27.5 Å². The number of allylic oxidation sites excluding steroid dienone is 1. The van der Waals surface area contributed by atoms with Gasteiger partial charge in [-0.05, 0) is 32.0 Å². The third kappa shape index (κ3) is 4.25. The SMILES string of the molecule is C=CCn1c(C)cc(-c2csc(NC(=O)COc3ccccc3F)n2)c1C. The Morgan fingerprint density at radius 3 is 2.93 bits per heavy atom. The zero-order valence-electron chi connectivity index (χ0n) is 15.2. The monoisotopic (exact) mass is 385 g/mol. The highest BCUT2D eigenvalue weighted by Crippen LogP contribution is 2.30. The number of amides is 1. The number of benzene rings is 1. The molecule has 0 unspecified atom stereocenters. The number of thiazole rings is 1. The van der Waals surface area contributed by atoms with Crippen molar-refractivity contribution in [3.05, 3.63) is 65.6 Å². The van der Waals surface area contributed by atoms with Crippen molar-refractivity contribution in [2.45, 2.75) is 20.4 Å². The second-order valence-corrected chi connectivity index (χ2v) is 6.85. The summed E-state index contributed by atoms with van der Waals surface area (Å²) in [5, 5.41) is 5.05. The van der Waals surface area contributed by atoms with Gasteiger partial charge in [0.15, 0.2) is 23.3 Å². The number of aromatic nitrogens is 2. The summed E-state index contributed by atoms with van der Waals surface area (Å²) in [7, 11) is 0. The van der Waals surface area contributed by atoms with Crippen LogP contribution in [0.3, 0.4) is 0 Å². The minimum Gasteiger partial charge on any atom is -0.481 e. The quantitative estimate of drug-likeness (QED) is 0.606. The van der Waals surface area contributed by atoms with Crippen LogP contribution in [-0.2, 0) is 11.3 Å². The first-order valence-corrected chi connectivity index (χ1v) is 9.28.